The number of hydrogen-bond donors (Lipinski definition) is 2. The zero-order valence-electron chi connectivity index (χ0n) is 13.7. The fraction of sp³-hybridized carbons (Fsp3) is 0.421. The minimum Gasteiger partial charge on any atom is -0.455 e. The van der Waals surface area contributed by atoms with Crippen molar-refractivity contribution in [2.24, 2.45) is 5.92 Å². The molecule has 0 spiro atoms. The molecule has 1 saturated carbocycles. The van der Waals surface area contributed by atoms with Gasteiger partial charge in [0.2, 0.25) is 0 Å². The minimum absolute atomic E-state index is 0.168. The Morgan fingerprint density at radius 2 is 2.17 bits per heavy atom. The van der Waals surface area contributed by atoms with Crippen molar-refractivity contribution in [3.8, 4) is 11.5 Å². The van der Waals surface area contributed by atoms with E-state index in [1.165, 1.54) is 18.4 Å². The molecular weight excluding hydrogens is 288 g/mol. The first-order chi connectivity index (χ1) is 11.1. The van der Waals surface area contributed by atoms with Gasteiger partial charge in [0, 0.05) is 18.3 Å². The number of pyridine rings is 1. The summed E-state index contributed by atoms with van der Waals surface area (Å²) in [4.78, 5) is 4.06. The molecule has 1 aliphatic rings. The fourth-order valence-corrected chi connectivity index (χ4v) is 2.82. The van der Waals surface area contributed by atoms with Crippen LogP contribution in [-0.2, 0) is 6.54 Å². The molecule has 0 bridgehead atoms. The van der Waals surface area contributed by atoms with Crippen molar-refractivity contribution in [3.63, 3.8) is 0 Å². The highest BCUT2D eigenvalue weighted by atomic mass is 16.5. The van der Waals surface area contributed by atoms with Crippen LogP contribution in [0.15, 0.2) is 42.7 Å². The molecule has 1 fully saturated rings. The summed E-state index contributed by atoms with van der Waals surface area (Å²) in [6.45, 7) is 5.08. The predicted molar refractivity (Wildman–Crippen MR) is 90.5 cm³/mol. The third-order valence-corrected chi connectivity index (χ3v) is 4.60. The van der Waals surface area contributed by atoms with Crippen molar-refractivity contribution in [1.82, 2.24) is 10.3 Å². The van der Waals surface area contributed by atoms with Crippen LogP contribution in [0.3, 0.4) is 0 Å². The van der Waals surface area contributed by atoms with Crippen LogP contribution in [0.2, 0.25) is 0 Å². The lowest BCUT2D eigenvalue weighted by Crippen LogP contribution is -2.47. The largest absolute Gasteiger partial charge is 0.455 e. The SMILES string of the molecule is Cc1cc(CNC(C)(CO)C2CC2)ccc1Oc1cccnc1. The topological polar surface area (TPSA) is 54.4 Å². The van der Waals surface area contributed by atoms with Crippen molar-refractivity contribution in [2.75, 3.05) is 6.61 Å². The van der Waals surface area contributed by atoms with Gasteiger partial charge in [-0.2, -0.15) is 0 Å². The number of rotatable bonds is 7. The lowest BCUT2D eigenvalue weighted by atomic mass is 9.96. The van der Waals surface area contributed by atoms with E-state index < -0.39 is 0 Å². The Hall–Kier alpha value is -1.91. The molecule has 122 valence electrons. The van der Waals surface area contributed by atoms with Crippen molar-refractivity contribution in [2.45, 2.75) is 38.8 Å². The molecule has 1 aliphatic carbocycles. The normalized spacial score (nSPS) is 16.8. The number of aliphatic hydroxyl groups is 1. The maximum absolute atomic E-state index is 9.65. The smallest absolute Gasteiger partial charge is 0.145 e. The van der Waals surface area contributed by atoms with Crippen molar-refractivity contribution in [1.29, 1.82) is 0 Å². The summed E-state index contributed by atoms with van der Waals surface area (Å²) in [6, 6.07) is 9.94. The Balaban J connectivity index is 1.65. The Labute approximate surface area is 137 Å². The number of benzene rings is 1. The molecule has 4 nitrogen and oxygen atoms in total. The highest BCUT2D eigenvalue weighted by Gasteiger charge is 2.40. The van der Waals surface area contributed by atoms with Gasteiger partial charge in [-0.3, -0.25) is 4.98 Å². The summed E-state index contributed by atoms with van der Waals surface area (Å²) >= 11 is 0. The van der Waals surface area contributed by atoms with Gasteiger partial charge in [0.15, 0.2) is 0 Å². The van der Waals surface area contributed by atoms with Gasteiger partial charge in [-0.1, -0.05) is 12.1 Å². The Bertz CT molecular complexity index is 656. The lowest BCUT2D eigenvalue weighted by Gasteiger charge is -2.29. The van der Waals surface area contributed by atoms with Gasteiger partial charge in [-0.25, -0.2) is 0 Å². The third-order valence-electron chi connectivity index (χ3n) is 4.60. The summed E-state index contributed by atoms with van der Waals surface area (Å²) < 4.78 is 5.86. The minimum atomic E-state index is -0.168. The van der Waals surface area contributed by atoms with Crippen LogP contribution in [0, 0.1) is 12.8 Å². The van der Waals surface area contributed by atoms with E-state index >= 15 is 0 Å². The molecule has 1 heterocycles. The summed E-state index contributed by atoms with van der Waals surface area (Å²) in [5.41, 5.74) is 2.12. The lowest BCUT2D eigenvalue weighted by molar-refractivity contribution is 0.153. The van der Waals surface area contributed by atoms with Gasteiger partial charge >= 0.3 is 0 Å². The molecule has 2 aromatic rings. The molecule has 0 aliphatic heterocycles. The molecule has 1 unspecified atom stereocenters. The van der Waals surface area contributed by atoms with E-state index in [9.17, 15) is 5.11 Å². The number of aromatic nitrogens is 1. The van der Waals surface area contributed by atoms with Crippen molar-refractivity contribution >= 4 is 0 Å². The van der Waals surface area contributed by atoms with Crippen molar-refractivity contribution < 1.29 is 9.84 Å². The molecule has 3 rings (SSSR count). The zero-order valence-corrected chi connectivity index (χ0v) is 13.7. The van der Waals surface area contributed by atoms with Gasteiger partial charge in [0.05, 0.1) is 12.8 Å². The first-order valence-electron chi connectivity index (χ1n) is 8.14. The Morgan fingerprint density at radius 1 is 1.35 bits per heavy atom. The Kier molecular flexibility index (Phi) is 4.64. The van der Waals surface area contributed by atoms with E-state index in [0.29, 0.717) is 5.92 Å². The first kappa shape index (κ1) is 16.0. The molecule has 2 N–H and O–H groups in total. The van der Waals surface area contributed by atoms with Crippen LogP contribution in [0.4, 0.5) is 0 Å². The number of hydrogen-bond acceptors (Lipinski definition) is 4. The number of ether oxygens (including phenoxy) is 1. The second-order valence-corrected chi connectivity index (χ2v) is 6.59. The summed E-state index contributed by atoms with van der Waals surface area (Å²) in [7, 11) is 0. The second-order valence-electron chi connectivity index (χ2n) is 6.59. The molecule has 0 saturated heterocycles. The molecule has 4 heteroatoms. The van der Waals surface area contributed by atoms with Gasteiger partial charge < -0.3 is 15.2 Å². The number of aliphatic hydroxyl groups excluding tert-OH is 1. The van der Waals surface area contributed by atoms with Crippen LogP contribution in [0.1, 0.15) is 30.9 Å². The molecule has 23 heavy (non-hydrogen) atoms. The molecular formula is C19H24N2O2. The Morgan fingerprint density at radius 3 is 2.78 bits per heavy atom. The highest BCUT2D eigenvalue weighted by Crippen LogP contribution is 2.39. The first-order valence-corrected chi connectivity index (χ1v) is 8.14. The average Bonchev–Trinajstić information content (AvgIpc) is 3.41. The third kappa shape index (κ3) is 3.89. The maximum atomic E-state index is 9.65. The van der Waals surface area contributed by atoms with E-state index in [1.54, 1.807) is 12.4 Å². The van der Waals surface area contributed by atoms with Crippen LogP contribution in [0.25, 0.3) is 0 Å². The van der Waals surface area contributed by atoms with Crippen molar-refractivity contribution in [3.05, 3.63) is 53.9 Å². The van der Waals surface area contributed by atoms with E-state index in [0.717, 1.165) is 23.6 Å². The number of aryl methyl sites for hydroxylation is 1. The van der Waals surface area contributed by atoms with Crippen LogP contribution < -0.4 is 10.1 Å². The number of nitrogens with zero attached hydrogens (tertiary/aromatic N) is 1. The van der Waals surface area contributed by atoms with E-state index in [2.05, 4.69) is 29.4 Å². The zero-order chi connectivity index (χ0) is 16.3. The monoisotopic (exact) mass is 312 g/mol. The molecule has 0 radical (unpaired) electrons. The van der Waals surface area contributed by atoms with E-state index in [-0.39, 0.29) is 12.1 Å². The molecule has 1 atom stereocenters. The average molecular weight is 312 g/mol. The highest BCUT2D eigenvalue weighted by molar-refractivity contribution is 5.39. The second kappa shape index (κ2) is 6.69. The quantitative estimate of drug-likeness (QED) is 0.822. The van der Waals surface area contributed by atoms with Crippen LogP contribution >= 0.6 is 0 Å². The van der Waals surface area contributed by atoms with Gasteiger partial charge in [-0.15, -0.1) is 0 Å². The summed E-state index contributed by atoms with van der Waals surface area (Å²) in [6.07, 6.45) is 5.85. The van der Waals surface area contributed by atoms with Crippen LogP contribution in [-0.4, -0.2) is 22.2 Å². The summed E-state index contributed by atoms with van der Waals surface area (Å²) in [5.74, 6) is 2.18. The molecule has 1 aromatic heterocycles. The van der Waals surface area contributed by atoms with Gasteiger partial charge in [0.25, 0.3) is 0 Å². The number of nitrogens with one attached hydrogen (secondary N) is 1. The van der Waals surface area contributed by atoms with E-state index in [1.807, 2.05) is 25.1 Å². The summed E-state index contributed by atoms with van der Waals surface area (Å²) in [5, 5.41) is 13.2. The molecule has 0 amide bonds. The predicted octanol–water partition coefficient (Wildman–Crippen LogP) is 3.43. The van der Waals surface area contributed by atoms with Crippen LogP contribution in [0.5, 0.6) is 11.5 Å². The van der Waals surface area contributed by atoms with E-state index in [4.69, 9.17) is 4.74 Å². The fourth-order valence-electron chi connectivity index (χ4n) is 2.82. The van der Waals surface area contributed by atoms with Gasteiger partial charge in [0.1, 0.15) is 11.5 Å². The van der Waals surface area contributed by atoms with Gasteiger partial charge in [-0.05, 0) is 61.9 Å². The standard InChI is InChI=1S/C19H24N2O2/c1-14-10-15(11-21-19(2,13-22)16-6-7-16)5-8-18(14)23-17-4-3-9-20-12-17/h3-5,8-10,12,16,21-22H,6-7,11,13H2,1-2H3. The maximum Gasteiger partial charge on any atom is 0.145 e. The molecule has 1 aromatic carbocycles.